The van der Waals surface area contributed by atoms with Gasteiger partial charge in [-0.1, -0.05) is 0 Å². The third-order valence-electron chi connectivity index (χ3n) is 6.42. The second kappa shape index (κ2) is 10.5. The fraction of sp³-hybridized carbons (Fsp3) is 0.500. The number of halogens is 5. The number of carbonyl (C=O) groups is 1. The van der Waals surface area contributed by atoms with Crippen LogP contribution in [0.4, 0.5) is 32.8 Å². The molecule has 10 nitrogen and oxygen atoms in total. The zero-order valence-corrected chi connectivity index (χ0v) is 20.3. The summed E-state index contributed by atoms with van der Waals surface area (Å²) < 4.78 is 85.9. The van der Waals surface area contributed by atoms with Gasteiger partial charge in [0.05, 0.1) is 17.6 Å². The number of benzene rings is 1. The largest absolute Gasteiger partial charge is 0.573 e. The van der Waals surface area contributed by atoms with Crippen LogP contribution in [0.15, 0.2) is 22.1 Å². The fourth-order valence-electron chi connectivity index (χ4n) is 4.99. The Morgan fingerprint density at radius 1 is 1.21 bits per heavy atom. The highest BCUT2D eigenvalue weighted by Gasteiger charge is 2.44. The molecule has 2 aliphatic heterocycles. The molecule has 2 unspecified atom stereocenters. The first-order valence-electron chi connectivity index (χ1n) is 11.4. The molecule has 2 atom stereocenters. The number of fused-ring (bicyclic) bond motifs is 3. The van der Waals surface area contributed by atoms with Crippen LogP contribution in [0, 0.1) is 0 Å². The third kappa shape index (κ3) is 5.19. The zero-order valence-electron chi connectivity index (χ0n) is 19.5. The van der Waals surface area contributed by atoms with E-state index < -0.39 is 44.6 Å². The SMILES string of the molecule is O=C(O)N1C2CCC1CN(c1nc3c(OC(F)(F)F)c(CC(OCF)OCF)cc(-c4nccs4)c3o1)C2. The highest BCUT2D eigenvalue weighted by atomic mass is 32.1. The number of anilines is 1. The van der Waals surface area contributed by atoms with Gasteiger partial charge >= 0.3 is 12.5 Å². The van der Waals surface area contributed by atoms with Crippen LogP contribution in [-0.4, -0.2) is 77.6 Å². The van der Waals surface area contributed by atoms with Crippen LogP contribution in [-0.2, 0) is 15.9 Å². The van der Waals surface area contributed by atoms with Gasteiger partial charge in [-0.3, -0.25) is 4.90 Å². The van der Waals surface area contributed by atoms with E-state index in [2.05, 4.69) is 14.7 Å². The lowest BCUT2D eigenvalue weighted by Gasteiger charge is -2.38. The van der Waals surface area contributed by atoms with Crippen LogP contribution < -0.4 is 9.64 Å². The summed E-state index contributed by atoms with van der Waals surface area (Å²) >= 11 is 1.19. The van der Waals surface area contributed by atoms with Crippen LogP contribution in [0.1, 0.15) is 18.4 Å². The Morgan fingerprint density at radius 3 is 2.45 bits per heavy atom. The highest BCUT2D eigenvalue weighted by molar-refractivity contribution is 7.13. The number of oxazole rings is 1. The molecule has 3 aromatic rings. The Balaban J connectivity index is 1.62. The van der Waals surface area contributed by atoms with Crippen molar-refractivity contribution in [3.05, 3.63) is 23.2 Å². The lowest BCUT2D eigenvalue weighted by atomic mass is 10.0. The summed E-state index contributed by atoms with van der Waals surface area (Å²) in [5, 5.41) is 11.6. The van der Waals surface area contributed by atoms with Crippen LogP contribution in [0.5, 0.6) is 5.75 Å². The van der Waals surface area contributed by atoms with Crippen molar-refractivity contribution in [2.75, 3.05) is 31.7 Å². The predicted octanol–water partition coefficient (Wildman–Crippen LogP) is 4.94. The van der Waals surface area contributed by atoms with Crippen LogP contribution in [0.25, 0.3) is 21.7 Å². The van der Waals surface area contributed by atoms with Crippen molar-refractivity contribution in [3.8, 4) is 16.3 Å². The molecule has 2 aliphatic rings. The number of thiazole rings is 1. The van der Waals surface area contributed by atoms with E-state index in [-0.39, 0.29) is 53.4 Å². The summed E-state index contributed by atoms with van der Waals surface area (Å²) in [4.78, 5) is 23.3. The summed E-state index contributed by atoms with van der Waals surface area (Å²) in [6.07, 6.45) is -5.46. The molecule has 1 N–H and O–H groups in total. The maximum absolute atomic E-state index is 13.5. The summed E-state index contributed by atoms with van der Waals surface area (Å²) in [7, 11) is 0. The second-order valence-electron chi connectivity index (χ2n) is 8.64. The summed E-state index contributed by atoms with van der Waals surface area (Å²) in [6, 6.07) is 0.648. The van der Waals surface area contributed by atoms with Crippen molar-refractivity contribution >= 4 is 34.5 Å². The van der Waals surface area contributed by atoms with Gasteiger partial charge in [0.15, 0.2) is 36.9 Å². The molecule has 1 aromatic carbocycles. The van der Waals surface area contributed by atoms with Gasteiger partial charge in [-0.15, -0.1) is 24.5 Å². The highest BCUT2D eigenvalue weighted by Crippen LogP contribution is 2.43. The van der Waals surface area contributed by atoms with E-state index in [1.165, 1.54) is 28.5 Å². The van der Waals surface area contributed by atoms with Gasteiger partial charge in [0.25, 0.3) is 6.01 Å². The molecule has 0 aliphatic carbocycles. The van der Waals surface area contributed by atoms with Crippen molar-refractivity contribution in [2.45, 2.75) is 44.0 Å². The van der Waals surface area contributed by atoms with Crippen LogP contribution >= 0.6 is 11.3 Å². The normalized spacial score (nSPS) is 19.6. The Kier molecular flexibility index (Phi) is 7.28. The molecule has 0 radical (unpaired) electrons. The fourth-order valence-corrected chi connectivity index (χ4v) is 5.64. The predicted molar refractivity (Wildman–Crippen MR) is 122 cm³/mol. The number of rotatable bonds is 9. The van der Waals surface area contributed by atoms with E-state index in [9.17, 15) is 31.9 Å². The molecule has 2 saturated heterocycles. The first-order chi connectivity index (χ1) is 18.2. The van der Waals surface area contributed by atoms with Gasteiger partial charge in [0.1, 0.15) is 5.01 Å². The minimum atomic E-state index is -5.13. The maximum atomic E-state index is 13.5. The Morgan fingerprint density at radius 2 is 1.89 bits per heavy atom. The first kappa shape index (κ1) is 26.4. The molecule has 5 rings (SSSR count). The van der Waals surface area contributed by atoms with Crippen molar-refractivity contribution < 1.29 is 50.5 Å². The molecule has 1 amide bonds. The molecule has 2 fully saturated rings. The number of alkyl halides is 5. The Hall–Kier alpha value is -3.24. The third-order valence-corrected chi connectivity index (χ3v) is 7.23. The smallest absolute Gasteiger partial charge is 0.465 e. The van der Waals surface area contributed by atoms with E-state index in [4.69, 9.17) is 13.9 Å². The minimum absolute atomic E-state index is 0.0134. The minimum Gasteiger partial charge on any atom is -0.465 e. The average Bonchev–Trinajstić information content (AvgIpc) is 3.58. The van der Waals surface area contributed by atoms with E-state index in [0.29, 0.717) is 17.8 Å². The number of hydrogen-bond donors (Lipinski definition) is 1. The molecular formula is C22H21F5N4O6S. The van der Waals surface area contributed by atoms with Gasteiger partial charge in [-0.05, 0) is 18.9 Å². The lowest BCUT2D eigenvalue weighted by molar-refractivity contribution is -0.274. The van der Waals surface area contributed by atoms with E-state index in [0.717, 1.165) is 0 Å². The maximum Gasteiger partial charge on any atom is 0.573 e. The van der Waals surface area contributed by atoms with E-state index in [1.54, 1.807) is 10.3 Å². The summed E-state index contributed by atoms with van der Waals surface area (Å²) in [5.41, 5.74) is -0.195. The lowest BCUT2D eigenvalue weighted by Crippen LogP contribution is -2.55. The van der Waals surface area contributed by atoms with Crippen LogP contribution in [0.2, 0.25) is 0 Å². The van der Waals surface area contributed by atoms with Gasteiger partial charge in [-0.2, -0.15) is 4.98 Å². The average molecular weight is 564 g/mol. The number of amides is 1. The molecule has 206 valence electrons. The van der Waals surface area contributed by atoms with E-state index in [1.807, 2.05) is 0 Å². The Labute approximate surface area is 215 Å². The van der Waals surface area contributed by atoms with Crippen LogP contribution in [0.3, 0.4) is 0 Å². The molecule has 0 spiro atoms. The summed E-state index contributed by atoms with van der Waals surface area (Å²) in [5.74, 6) is -0.732. The zero-order chi connectivity index (χ0) is 27.0. The molecule has 16 heteroatoms. The van der Waals surface area contributed by atoms with Gasteiger partial charge in [-0.25, -0.2) is 18.6 Å². The van der Waals surface area contributed by atoms with Gasteiger partial charge in [0.2, 0.25) is 0 Å². The quantitative estimate of drug-likeness (QED) is 0.286. The molecule has 2 aromatic heterocycles. The number of aromatic nitrogens is 2. The summed E-state index contributed by atoms with van der Waals surface area (Å²) in [6.45, 7) is -2.25. The topological polar surface area (TPSA) is 110 Å². The monoisotopic (exact) mass is 564 g/mol. The van der Waals surface area contributed by atoms with Crippen molar-refractivity contribution in [1.29, 1.82) is 0 Å². The first-order valence-corrected chi connectivity index (χ1v) is 12.3. The van der Waals surface area contributed by atoms with Crippen molar-refractivity contribution in [3.63, 3.8) is 0 Å². The number of hydrogen-bond acceptors (Lipinski definition) is 9. The van der Waals surface area contributed by atoms with Crippen molar-refractivity contribution in [1.82, 2.24) is 14.9 Å². The van der Waals surface area contributed by atoms with Crippen molar-refractivity contribution in [2.24, 2.45) is 0 Å². The number of ether oxygens (including phenoxy) is 3. The molecule has 2 bridgehead atoms. The van der Waals surface area contributed by atoms with E-state index >= 15 is 0 Å². The number of piperazine rings is 1. The number of carboxylic acid groups (broad SMARTS) is 1. The standard InChI is InChI=1S/C22H21F5N4O6S/c23-9-34-15(35-10-24)6-11-5-14(19-28-3-4-38-19)18-16(17(11)37-22(25,26)27)29-20(36-18)30-7-12-1-2-13(8-30)31(12)21(32)33/h3-5,12-13,15H,1-2,6-10H2,(H,32,33). The molecule has 4 heterocycles. The molecular weight excluding hydrogens is 543 g/mol. The molecule has 0 saturated carbocycles. The molecule has 38 heavy (non-hydrogen) atoms. The van der Waals surface area contributed by atoms with Gasteiger partial charge in [0, 0.05) is 36.7 Å². The Bertz CT molecular complexity index is 1270. The number of nitrogens with zero attached hydrogens (tertiary/aromatic N) is 4. The van der Waals surface area contributed by atoms with Gasteiger partial charge < -0.3 is 28.6 Å². The second-order valence-corrected chi connectivity index (χ2v) is 9.53.